The summed E-state index contributed by atoms with van der Waals surface area (Å²) >= 11 is 0. The summed E-state index contributed by atoms with van der Waals surface area (Å²) in [6.45, 7) is 1.50. The average Bonchev–Trinajstić information content (AvgIpc) is 3.09. The van der Waals surface area contributed by atoms with E-state index in [2.05, 4.69) is 28.2 Å². The monoisotopic (exact) mass is 349 g/mol. The number of fused-ring (bicyclic) bond motifs is 2. The van der Waals surface area contributed by atoms with Gasteiger partial charge in [0.25, 0.3) is 0 Å². The molecule has 1 aromatic carbocycles. The number of carbonyl (C=O) groups excluding carboxylic acids is 1. The van der Waals surface area contributed by atoms with Crippen molar-refractivity contribution in [2.75, 3.05) is 25.2 Å². The molecule has 1 atom stereocenters. The maximum atomic E-state index is 13.1. The maximum Gasteiger partial charge on any atom is 0.231 e. The minimum atomic E-state index is 0.139. The predicted octanol–water partition coefficient (Wildman–Crippen LogP) is 3.66. The van der Waals surface area contributed by atoms with Gasteiger partial charge in [0.2, 0.25) is 5.91 Å². The Bertz CT molecular complexity index is 918. The summed E-state index contributed by atoms with van der Waals surface area (Å²) in [5.41, 5.74) is 4.29. The number of benzene rings is 1. The van der Waals surface area contributed by atoms with Gasteiger partial charge in [-0.05, 0) is 42.0 Å². The molecule has 4 rings (SSSR count). The lowest BCUT2D eigenvalue weighted by Crippen LogP contribution is -2.37. The molecule has 1 N–H and O–H groups in total. The van der Waals surface area contributed by atoms with E-state index in [-0.39, 0.29) is 5.91 Å². The first-order valence-electron chi connectivity index (χ1n) is 9.06. The molecule has 0 radical (unpaired) electrons. The molecule has 1 amide bonds. The molecule has 0 aliphatic carbocycles. The van der Waals surface area contributed by atoms with Crippen molar-refractivity contribution >= 4 is 22.5 Å². The van der Waals surface area contributed by atoms with Crippen molar-refractivity contribution in [3.8, 4) is 0 Å². The highest BCUT2D eigenvalue weighted by Crippen LogP contribution is 2.37. The molecule has 1 aliphatic rings. The molecule has 0 bridgehead atoms. The first-order chi connectivity index (χ1) is 12.8. The van der Waals surface area contributed by atoms with Gasteiger partial charge in [-0.1, -0.05) is 18.2 Å². The fourth-order valence-electron chi connectivity index (χ4n) is 3.90. The summed E-state index contributed by atoms with van der Waals surface area (Å²) in [5, 5.41) is 1.07. The number of ether oxygens (including phenoxy) is 1. The molecule has 3 aromatic rings. The van der Waals surface area contributed by atoms with Crippen molar-refractivity contribution in [2.24, 2.45) is 0 Å². The number of methoxy groups -OCH3 is 1. The Labute approximate surface area is 153 Å². The van der Waals surface area contributed by atoms with Crippen LogP contribution in [0.4, 0.5) is 5.69 Å². The van der Waals surface area contributed by atoms with Gasteiger partial charge >= 0.3 is 0 Å². The quantitative estimate of drug-likeness (QED) is 0.765. The number of para-hydroxylation sites is 1. The van der Waals surface area contributed by atoms with Gasteiger partial charge < -0.3 is 14.6 Å². The Kier molecular flexibility index (Phi) is 4.71. The van der Waals surface area contributed by atoms with Crippen molar-refractivity contribution in [1.29, 1.82) is 0 Å². The SMILES string of the molecule is COCCC1CCN(C(=O)Cc2c[nH]c3cnccc23)c2ccccc21. The maximum absolute atomic E-state index is 13.1. The first-order valence-corrected chi connectivity index (χ1v) is 9.06. The van der Waals surface area contributed by atoms with Gasteiger partial charge in [-0.3, -0.25) is 9.78 Å². The van der Waals surface area contributed by atoms with Crippen LogP contribution < -0.4 is 4.90 Å². The predicted molar refractivity (Wildman–Crippen MR) is 102 cm³/mol. The number of H-pyrrole nitrogens is 1. The third kappa shape index (κ3) is 3.10. The lowest BCUT2D eigenvalue weighted by molar-refractivity contribution is -0.118. The number of aromatic amines is 1. The lowest BCUT2D eigenvalue weighted by Gasteiger charge is -2.34. The molecular weight excluding hydrogens is 326 g/mol. The summed E-state index contributed by atoms with van der Waals surface area (Å²) in [5.74, 6) is 0.592. The van der Waals surface area contributed by atoms with E-state index in [4.69, 9.17) is 4.74 Å². The molecule has 1 aliphatic heterocycles. The Morgan fingerprint density at radius 2 is 2.23 bits per heavy atom. The zero-order valence-electron chi connectivity index (χ0n) is 14.9. The summed E-state index contributed by atoms with van der Waals surface area (Å²) < 4.78 is 5.26. The van der Waals surface area contributed by atoms with Crippen LogP contribution in [0.15, 0.2) is 48.9 Å². The summed E-state index contributed by atoms with van der Waals surface area (Å²) in [4.78, 5) is 22.3. The average molecular weight is 349 g/mol. The van der Waals surface area contributed by atoms with Gasteiger partial charge in [0.15, 0.2) is 0 Å². The molecule has 134 valence electrons. The van der Waals surface area contributed by atoms with E-state index in [1.165, 1.54) is 5.56 Å². The largest absolute Gasteiger partial charge is 0.385 e. The third-order valence-corrected chi connectivity index (χ3v) is 5.25. The van der Waals surface area contributed by atoms with E-state index in [1.807, 2.05) is 23.2 Å². The number of anilines is 1. The molecule has 3 heterocycles. The minimum absolute atomic E-state index is 0.139. The van der Waals surface area contributed by atoms with Gasteiger partial charge in [0, 0.05) is 43.7 Å². The van der Waals surface area contributed by atoms with Crippen LogP contribution in [0.5, 0.6) is 0 Å². The van der Waals surface area contributed by atoms with Crippen molar-refractivity contribution in [1.82, 2.24) is 9.97 Å². The summed E-state index contributed by atoms with van der Waals surface area (Å²) in [6.07, 6.45) is 7.83. The minimum Gasteiger partial charge on any atom is -0.385 e. The standard InChI is InChI=1S/C21H23N3O2/c1-26-11-8-15-7-10-24(20-5-3-2-4-18(15)20)21(25)12-16-13-23-19-14-22-9-6-17(16)19/h2-6,9,13-15,23H,7-8,10-12H2,1H3. The van der Waals surface area contributed by atoms with E-state index in [0.717, 1.165) is 48.1 Å². The Balaban J connectivity index is 1.58. The van der Waals surface area contributed by atoms with Gasteiger partial charge in [-0.25, -0.2) is 0 Å². The number of nitrogens with one attached hydrogen (secondary N) is 1. The number of hydrogen-bond donors (Lipinski definition) is 1. The Morgan fingerprint density at radius 3 is 3.12 bits per heavy atom. The van der Waals surface area contributed by atoms with Crippen LogP contribution in [0.1, 0.15) is 29.9 Å². The fourth-order valence-corrected chi connectivity index (χ4v) is 3.90. The van der Waals surface area contributed by atoms with Crippen LogP contribution in [0.25, 0.3) is 10.9 Å². The van der Waals surface area contributed by atoms with Crippen LogP contribution in [0.3, 0.4) is 0 Å². The molecule has 26 heavy (non-hydrogen) atoms. The van der Waals surface area contributed by atoms with E-state index in [0.29, 0.717) is 12.3 Å². The number of rotatable bonds is 5. The van der Waals surface area contributed by atoms with Gasteiger partial charge in [0.05, 0.1) is 18.1 Å². The summed E-state index contributed by atoms with van der Waals surface area (Å²) in [6, 6.07) is 10.2. The molecule has 0 spiro atoms. The molecule has 2 aromatic heterocycles. The second kappa shape index (κ2) is 7.30. The van der Waals surface area contributed by atoms with Crippen LogP contribution in [0.2, 0.25) is 0 Å². The van der Waals surface area contributed by atoms with Gasteiger partial charge in [-0.15, -0.1) is 0 Å². The van der Waals surface area contributed by atoms with Crippen molar-refractivity contribution in [2.45, 2.75) is 25.2 Å². The molecular formula is C21H23N3O2. The zero-order chi connectivity index (χ0) is 17.9. The van der Waals surface area contributed by atoms with Crippen molar-refractivity contribution in [3.05, 3.63) is 60.0 Å². The van der Waals surface area contributed by atoms with E-state index in [1.54, 1.807) is 19.5 Å². The van der Waals surface area contributed by atoms with Crippen molar-refractivity contribution < 1.29 is 9.53 Å². The van der Waals surface area contributed by atoms with E-state index in [9.17, 15) is 4.79 Å². The number of nitrogens with zero attached hydrogens (tertiary/aromatic N) is 2. The molecule has 0 saturated carbocycles. The fraction of sp³-hybridized carbons (Fsp3) is 0.333. The topological polar surface area (TPSA) is 58.2 Å². The highest BCUT2D eigenvalue weighted by molar-refractivity contribution is 5.98. The number of aromatic nitrogens is 2. The van der Waals surface area contributed by atoms with Crippen molar-refractivity contribution in [3.63, 3.8) is 0 Å². The normalized spacial score (nSPS) is 16.7. The Morgan fingerprint density at radius 1 is 1.35 bits per heavy atom. The van der Waals surface area contributed by atoms with Crippen LogP contribution in [-0.4, -0.2) is 36.1 Å². The van der Waals surface area contributed by atoms with Gasteiger partial charge in [-0.2, -0.15) is 0 Å². The number of pyridine rings is 1. The molecule has 5 heteroatoms. The second-order valence-electron chi connectivity index (χ2n) is 6.78. The number of amides is 1. The van der Waals surface area contributed by atoms with E-state index >= 15 is 0 Å². The van der Waals surface area contributed by atoms with Gasteiger partial charge in [0.1, 0.15) is 0 Å². The lowest BCUT2D eigenvalue weighted by atomic mass is 9.87. The second-order valence-corrected chi connectivity index (χ2v) is 6.78. The third-order valence-electron chi connectivity index (χ3n) is 5.25. The molecule has 0 fully saturated rings. The summed E-state index contributed by atoms with van der Waals surface area (Å²) in [7, 11) is 1.74. The first kappa shape index (κ1) is 16.8. The van der Waals surface area contributed by atoms with E-state index < -0.39 is 0 Å². The zero-order valence-corrected chi connectivity index (χ0v) is 14.9. The molecule has 5 nitrogen and oxygen atoms in total. The van der Waals surface area contributed by atoms with Crippen LogP contribution in [-0.2, 0) is 16.0 Å². The Hall–Kier alpha value is -2.66. The molecule has 0 saturated heterocycles. The highest BCUT2D eigenvalue weighted by Gasteiger charge is 2.28. The van der Waals surface area contributed by atoms with Crippen LogP contribution >= 0.6 is 0 Å². The van der Waals surface area contributed by atoms with Crippen LogP contribution in [0, 0.1) is 0 Å². The molecule has 1 unspecified atom stereocenters. The number of hydrogen-bond acceptors (Lipinski definition) is 3. The number of carbonyl (C=O) groups is 1. The highest BCUT2D eigenvalue weighted by atomic mass is 16.5. The smallest absolute Gasteiger partial charge is 0.231 e.